The number of benzene rings is 1. The number of hydrogen-bond donors (Lipinski definition) is 1. The van der Waals surface area contributed by atoms with Gasteiger partial charge in [0.2, 0.25) is 0 Å². The van der Waals surface area contributed by atoms with E-state index in [9.17, 15) is 0 Å². The zero-order valence-corrected chi connectivity index (χ0v) is 12.8. The molecule has 0 radical (unpaired) electrons. The summed E-state index contributed by atoms with van der Waals surface area (Å²) in [5.41, 5.74) is 1.03. The van der Waals surface area contributed by atoms with Crippen LogP contribution in [-0.2, 0) is 17.9 Å². The molecule has 1 heterocycles. The normalized spacial score (nSPS) is 10.7. The molecule has 0 amide bonds. The zero-order chi connectivity index (χ0) is 14.2. The molecular weight excluding hydrogens is 296 g/mol. The lowest BCUT2D eigenvalue weighted by molar-refractivity contribution is 0.199. The van der Waals surface area contributed by atoms with Crippen molar-refractivity contribution >= 4 is 22.9 Å². The molecule has 0 saturated heterocycles. The lowest BCUT2D eigenvalue weighted by Gasteiger charge is -2.12. The lowest BCUT2D eigenvalue weighted by Crippen LogP contribution is -2.19. The third-order valence-electron chi connectivity index (χ3n) is 2.66. The van der Waals surface area contributed by atoms with E-state index >= 15 is 0 Å². The molecule has 6 heteroatoms. The molecule has 0 fully saturated rings. The monoisotopic (exact) mass is 312 g/mol. The summed E-state index contributed by atoms with van der Waals surface area (Å²) in [6.45, 7) is 2.63. The van der Waals surface area contributed by atoms with E-state index in [-0.39, 0.29) is 0 Å². The Labute approximate surface area is 127 Å². The Kier molecular flexibility index (Phi) is 6.26. The second kappa shape index (κ2) is 8.21. The van der Waals surface area contributed by atoms with Crippen LogP contribution in [-0.4, -0.2) is 25.2 Å². The molecular formula is C14H17ClN2O2S. The van der Waals surface area contributed by atoms with Crippen LogP contribution >= 0.6 is 22.9 Å². The smallest absolute Gasteiger partial charge is 0.140 e. The molecule has 0 saturated carbocycles. The number of nitrogens with zero attached hydrogens (tertiary/aromatic N) is 1. The van der Waals surface area contributed by atoms with Crippen LogP contribution in [0.25, 0.3) is 0 Å². The van der Waals surface area contributed by atoms with Crippen molar-refractivity contribution in [1.29, 1.82) is 0 Å². The number of aromatic nitrogens is 1. The highest BCUT2D eigenvalue weighted by Crippen LogP contribution is 2.24. The highest BCUT2D eigenvalue weighted by molar-refractivity contribution is 7.09. The molecule has 1 N–H and O–H groups in total. The molecule has 0 atom stereocenters. The van der Waals surface area contributed by atoms with Gasteiger partial charge in [0, 0.05) is 42.4 Å². The van der Waals surface area contributed by atoms with E-state index in [2.05, 4.69) is 10.3 Å². The highest BCUT2D eigenvalue weighted by Gasteiger charge is 2.06. The minimum atomic E-state index is 0.477. The van der Waals surface area contributed by atoms with Gasteiger partial charge in [-0.25, -0.2) is 4.98 Å². The first kappa shape index (κ1) is 15.3. The topological polar surface area (TPSA) is 43.4 Å². The summed E-state index contributed by atoms with van der Waals surface area (Å²) < 4.78 is 10.8. The first-order chi connectivity index (χ1) is 9.79. The standard InChI is InChI=1S/C14H17ClN2O2S/c1-18-6-4-16-9-11-8-12(15)2-3-13(11)19-10-14-17-5-7-20-14/h2-3,5,7-8,16H,4,6,9-10H2,1H3. The molecule has 2 aromatic rings. The summed E-state index contributed by atoms with van der Waals surface area (Å²) in [4.78, 5) is 4.20. The minimum Gasteiger partial charge on any atom is -0.486 e. The molecule has 1 aromatic carbocycles. The maximum atomic E-state index is 6.04. The summed E-state index contributed by atoms with van der Waals surface area (Å²) >= 11 is 7.62. The number of methoxy groups -OCH3 is 1. The van der Waals surface area contributed by atoms with Crippen LogP contribution < -0.4 is 10.1 Å². The molecule has 0 unspecified atom stereocenters. The second-order valence-corrected chi connectivity index (χ2v) is 5.55. The van der Waals surface area contributed by atoms with Gasteiger partial charge in [0.1, 0.15) is 17.4 Å². The molecule has 108 valence electrons. The average Bonchev–Trinajstić information content (AvgIpc) is 2.96. The summed E-state index contributed by atoms with van der Waals surface area (Å²) in [6, 6.07) is 5.64. The van der Waals surface area contributed by atoms with Gasteiger partial charge in [0.05, 0.1) is 6.61 Å². The molecule has 2 rings (SSSR count). The molecule has 4 nitrogen and oxygen atoms in total. The quantitative estimate of drug-likeness (QED) is 0.761. The van der Waals surface area contributed by atoms with Gasteiger partial charge in [0.15, 0.2) is 0 Å². The Morgan fingerprint density at radius 1 is 1.40 bits per heavy atom. The SMILES string of the molecule is COCCNCc1cc(Cl)ccc1OCc1nccs1. The van der Waals surface area contributed by atoms with E-state index < -0.39 is 0 Å². The predicted octanol–water partition coefficient (Wildman–Crippen LogP) is 3.11. The molecule has 0 aliphatic carbocycles. The average molecular weight is 313 g/mol. The van der Waals surface area contributed by atoms with Crippen molar-refractivity contribution in [2.45, 2.75) is 13.2 Å². The first-order valence-corrected chi connectivity index (χ1v) is 7.54. The number of thiazole rings is 1. The molecule has 0 aliphatic rings. The van der Waals surface area contributed by atoms with Gasteiger partial charge in [-0.15, -0.1) is 11.3 Å². The van der Waals surface area contributed by atoms with Crippen molar-refractivity contribution in [3.8, 4) is 5.75 Å². The van der Waals surface area contributed by atoms with Crippen LogP contribution in [0.5, 0.6) is 5.75 Å². The fourth-order valence-electron chi connectivity index (χ4n) is 1.69. The number of halogens is 1. The lowest BCUT2D eigenvalue weighted by atomic mass is 10.2. The highest BCUT2D eigenvalue weighted by atomic mass is 35.5. The van der Waals surface area contributed by atoms with Crippen LogP contribution in [0.2, 0.25) is 5.02 Å². The van der Waals surface area contributed by atoms with E-state index in [0.717, 1.165) is 22.9 Å². The number of hydrogen-bond acceptors (Lipinski definition) is 5. The van der Waals surface area contributed by atoms with Crippen LogP contribution in [0.1, 0.15) is 10.6 Å². The number of ether oxygens (including phenoxy) is 2. The van der Waals surface area contributed by atoms with Crippen LogP contribution in [0, 0.1) is 0 Å². The van der Waals surface area contributed by atoms with Gasteiger partial charge >= 0.3 is 0 Å². The zero-order valence-electron chi connectivity index (χ0n) is 11.3. The van der Waals surface area contributed by atoms with Crippen molar-refractivity contribution in [3.05, 3.63) is 45.4 Å². The summed E-state index contributed by atoms with van der Waals surface area (Å²) in [7, 11) is 1.68. The van der Waals surface area contributed by atoms with E-state index in [0.29, 0.717) is 24.8 Å². The van der Waals surface area contributed by atoms with E-state index in [4.69, 9.17) is 21.1 Å². The molecule has 0 spiro atoms. The fraction of sp³-hybridized carbons (Fsp3) is 0.357. The van der Waals surface area contributed by atoms with E-state index in [1.165, 1.54) is 0 Å². The largest absolute Gasteiger partial charge is 0.486 e. The first-order valence-electron chi connectivity index (χ1n) is 6.29. The van der Waals surface area contributed by atoms with Crippen LogP contribution in [0.4, 0.5) is 0 Å². The number of nitrogens with one attached hydrogen (secondary N) is 1. The van der Waals surface area contributed by atoms with Gasteiger partial charge in [0.25, 0.3) is 0 Å². The number of rotatable bonds is 8. The van der Waals surface area contributed by atoms with Crippen LogP contribution in [0.3, 0.4) is 0 Å². The van der Waals surface area contributed by atoms with Gasteiger partial charge in [-0.3, -0.25) is 0 Å². The second-order valence-electron chi connectivity index (χ2n) is 4.14. The summed E-state index contributed by atoms with van der Waals surface area (Å²) in [5.74, 6) is 0.828. The molecule has 0 bridgehead atoms. The van der Waals surface area contributed by atoms with E-state index in [1.807, 2.05) is 23.6 Å². The van der Waals surface area contributed by atoms with Gasteiger partial charge in [-0.1, -0.05) is 11.6 Å². The van der Waals surface area contributed by atoms with E-state index in [1.54, 1.807) is 24.6 Å². The maximum Gasteiger partial charge on any atom is 0.140 e. The Bertz CT molecular complexity index is 520. The third-order valence-corrected chi connectivity index (χ3v) is 3.64. The van der Waals surface area contributed by atoms with Crippen molar-refractivity contribution in [1.82, 2.24) is 10.3 Å². The van der Waals surface area contributed by atoms with Gasteiger partial charge in [-0.2, -0.15) is 0 Å². The van der Waals surface area contributed by atoms with Crippen LogP contribution in [0.15, 0.2) is 29.8 Å². The third kappa shape index (κ3) is 4.76. The van der Waals surface area contributed by atoms with Crippen molar-refractivity contribution in [2.75, 3.05) is 20.3 Å². The predicted molar refractivity (Wildman–Crippen MR) is 81.5 cm³/mol. The molecule has 20 heavy (non-hydrogen) atoms. The fourth-order valence-corrected chi connectivity index (χ4v) is 2.41. The Hall–Kier alpha value is -1.14. The van der Waals surface area contributed by atoms with Crippen molar-refractivity contribution in [2.24, 2.45) is 0 Å². The summed E-state index contributed by atoms with van der Waals surface area (Å²) in [5, 5.41) is 6.89. The molecule has 1 aromatic heterocycles. The molecule has 0 aliphatic heterocycles. The minimum absolute atomic E-state index is 0.477. The van der Waals surface area contributed by atoms with Crippen molar-refractivity contribution < 1.29 is 9.47 Å². The summed E-state index contributed by atoms with van der Waals surface area (Å²) in [6.07, 6.45) is 1.78. The van der Waals surface area contributed by atoms with Crippen molar-refractivity contribution in [3.63, 3.8) is 0 Å². The van der Waals surface area contributed by atoms with Gasteiger partial charge < -0.3 is 14.8 Å². The maximum absolute atomic E-state index is 6.04. The Morgan fingerprint density at radius 3 is 3.05 bits per heavy atom. The Morgan fingerprint density at radius 2 is 2.30 bits per heavy atom. The Balaban J connectivity index is 1.95. The van der Waals surface area contributed by atoms with Gasteiger partial charge in [-0.05, 0) is 18.2 Å².